The number of hydrogen-bond acceptors (Lipinski definition) is 3. The number of β-amino-alcohol motifs (C(OH)–C–C–N with tert-alkyl or cyclic N) is 1. The Morgan fingerprint density at radius 1 is 1.29 bits per heavy atom. The van der Waals surface area contributed by atoms with Crippen LogP contribution in [0.5, 0.6) is 0 Å². The van der Waals surface area contributed by atoms with Gasteiger partial charge in [-0.15, -0.1) is 0 Å². The maximum Gasteiger partial charge on any atom is 0.102 e. The van der Waals surface area contributed by atoms with Crippen LogP contribution in [0.3, 0.4) is 0 Å². The third-order valence-electron chi connectivity index (χ3n) is 2.53. The van der Waals surface area contributed by atoms with E-state index in [0.717, 1.165) is 6.54 Å². The molecule has 0 aromatic heterocycles. The molecule has 0 radical (unpaired) electrons. The molecule has 0 aliphatic carbocycles. The summed E-state index contributed by atoms with van der Waals surface area (Å²) in [5.74, 6) is 0. The highest BCUT2D eigenvalue weighted by Crippen LogP contribution is 2.08. The van der Waals surface area contributed by atoms with E-state index < -0.39 is 5.60 Å². The number of rotatable bonds is 4. The summed E-state index contributed by atoms with van der Waals surface area (Å²) in [6.45, 7) is 2.89. The summed E-state index contributed by atoms with van der Waals surface area (Å²) >= 11 is 0. The summed E-state index contributed by atoms with van der Waals surface area (Å²) < 4.78 is 0. The maximum atomic E-state index is 9.76. The molecular weight excluding hydrogens is 176 g/mol. The molecule has 76 valence electrons. The van der Waals surface area contributed by atoms with Crippen LogP contribution in [0.1, 0.15) is 5.56 Å². The van der Waals surface area contributed by atoms with Crippen LogP contribution in [0.2, 0.25) is 0 Å². The Labute approximate surface area is 84.1 Å². The Hall–Kier alpha value is -0.900. The first kappa shape index (κ1) is 9.65. The Bertz CT molecular complexity index is 283. The van der Waals surface area contributed by atoms with Crippen molar-refractivity contribution in [3.63, 3.8) is 0 Å². The minimum atomic E-state index is -0.519. The molecule has 0 atom stereocenters. The van der Waals surface area contributed by atoms with Crippen molar-refractivity contribution in [2.24, 2.45) is 0 Å². The average Bonchev–Trinajstić information content (AvgIpc) is 2.17. The molecule has 0 saturated carbocycles. The molecule has 0 unspecified atom stereocenters. The van der Waals surface area contributed by atoms with Crippen molar-refractivity contribution in [2.75, 3.05) is 19.6 Å². The van der Waals surface area contributed by atoms with E-state index in [9.17, 15) is 5.11 Å². The van der Waals surface area contributed by atoms with Crippen LogP contribution in [-0.2, 0) is 6.54 Å². The predicted molar refractivity (Wildman–Crippen MR) is 56.0 cm³/mol. The van der Waals surface area contributed by atoms with Gasteiger partial charge in [-0.2, -0.15) is 0 Å². The smallest absolute Gasteiger partial charge is 0.102 e. The van der Waals surface area contributed by atoms with Gasteiger partial charge in [-0.25, -0.2) is 0 Å². The highest BCUT2D eigenvalue weighted by molar-refractivity contribution is 5.14. The summed E-state index contributed by atoms with van der Waals surface area (Å²) in [4.78, 5) is 0. The van der Waals surface area contributed by atoms with Crippen LogP contribution in [-0.4, -0.2) is 30.3 Å². The van der Waals surface area contributed by atoms with Crippen LogP contribution in [0, 0.1) is 0 Å². The Morgan fingerprint density at radius 3 is 2.57 bits per heavy atom. The van der Waals surface area contributed by atoms with Crippen molar-refractivity contribution in [1.29, 1.82) is 0 Å². The molecule has 2 rings (SSSR count). The van der Waals surface area contributed by atoms with Gasteiger partial charge in [0.15, 0.2) is 0 Å². The van der Waals surface area contributed by atoms with E-state index in [4.69, 9.17) is 0 Å². The molecule has 14 heavy (non-hydrogen) atoms. The molecule has 1 saturated heterocycles. The summed E-state index contributed by atoms with van der Waals surface area (Å²) in [6.07, 6.45) is 0. The second kappa shape index (κ2) is 4.09. The zero-order valence-electron chi connectivity index (χ0n) is 8.16. The van der Waals surface area contributed by atoms with Crippen LogP contribution in [0.4, 0.5) is 0 Å². The quantitative estimate of drug-likeness (QED) is 0.634. The summed E-state index contributed by atoms with van der Waals surface area (Å²) in [7, 11) is 0. The lowest BCUT2D eigenvalue weighted by atomic mass is 9.97. The molecule has 1 heterocycles. The summed E-state index contributed by atoms with van der Waals surface area (Å²) in [5, 5.41) is 16.1. The maximum absolute atomic E-state index is 9.76. The molecule has 3 N–H and O–H groups in total. The molecular formula is C11H16N2O. The van der Waals surface area contributed by atoms with Gasteiger partial charge in [-0.1, -0.05) is 30.3 Å². The van der Waals surface area contributed by atoms with Gasteiger partial charge in [-0.3, -0.25) is 0 Å². The number of benzene rings is 1. The van der Waals surface area contributed by atoms with Crippen LogP contribution >= 0.6 is 0 Å². The van der Waals surface area contributed by atoms with Gasteiger partial charge in [0.25, 0.3) is 0 Å². The van der Waals surface area contributed by atoms with E-state index in [2.05, 4.69) is 22.8 Å². The Balaban J connectivity index is 1.73. The zero-order valence-corrected chi connectivity index (χ0v) is 8.16. The van der Waals surface area contributed by atoms with E-state index in [-0.39, 0.29) is 0 Å². The number of nitrogens with one attached hydrogen (secondary N) is 2. The topological polar surface area (TPSA) is 44.3 Å². The fourth-order valence-electron chi connectivity index (χ4n) is 1.57. The third kappa shape index (κ3) is 2.32. The molecule has 1 aromatic carbocycles. The average molecular weight is 192 g/mol. The van der Waals surface area contributed by atoms with Crippen molar-refractivity contribution in [1.82, 2.24) is 10.6 Å². The molecule has 0 bridgehead atoms. The minimum Gasteiger partial charge on any atom is -0.386 e. The van der Waals surface area contributed by atoms with Crippen molar-refractivity contribution in [3.05, 3.63) is 35.9 Å². The molecule has 1 aliphatic rings. The summed E-state index contributed by atoms with van der Waals surface area (Å²) in [6, 6.07) is 10.2. The normalized spacial score (nSPS) is 18.9. The molecule has 1 fully saturated rings. The fourth-order valence-corrected chi connectivity index (χ4v) is 1.57. The van der Waals surface area contributed by atoms with Gasteiger partial charge in [0.05, 0.1) is 0 Å². The summed E-state index contributed by atoms with van der Waals surface area (Å²) in [5.41, 5.74) is 0.734. The first-order valence-electron chi connectivity index (χ1n) is 4.96. The van der Waals surface area contributed by atoms with E-state index in [1.54, 1.807) is 0 Å². The molecule has 0 amide bonds. The Kier molecular flexibility index (Phi) is 2.82. The first-order valence-corrected chi connectivity index (χ1v) is 4.96. The minimum absolute atomic E-state index is 0.519. The molecule has 3 nitrogen and oxygen atoms in total. The van der Waals surface area contributed by atoms with Gasteiger partial charge in [0.2, 0.25) is 0 Å². The highest BCUT2D eigenvalue weighted by Gasteiger charge is 2.33. The van der Waals surface area contributed by atoms with Gasteiger partial charge in [0, 0.05) is 26.2 Å². The van der Waals surface area contributed by atoms with Gasteiger partial charge in [0.1, 0.15) is 5.60 Å². The standard InChI is InChI=1S/C11H16N2O/c14-11(8-13-9-11)7-12-6-10-4-2-1-3-5-10/h1-5,12-14H,6-9H2. The predicted octanol–water partition coefficient (Wildman–Crippen LogP) is 0.110. The Morgan fingerprint density at radius 2 is 2.00 bits per heavy atom. The second-order valence-corrected chi connectivity index (χ2v) is 3.92. The van der Waals surface area contributed by atoms with Crippen molar-refractivity contribution < 1.29 is 5.11 Å². The lowest BCUT2D eigenvalue weighted by Gasteiger charge is -2.37. The molecule has 0 spiro atoms. The van der Waals surface area contributed by atoms with E-state index in [1.807, 2.05) is 18.2 Å². The zero-order chi connectivity index (χ0) is 9.86. The molecule has 1 aliphatic heterocycles. The SMILES string of the molecule is OC1(CNCc2ccccc2)CNC1. The number of aliphatic hydroxyl groups is 1. The van der Waals surface area contributed by atoms with Crippen LogP contribution < -0.4 is 10.6 Å². The van der Waals surface area contributed by atoms with E-state index >= 15 is 0 Å². The van der Waals surface area contributed by atoms with Gasteiger partial charge < -0.3 is 15.7 Å². The van der Waals surface area contributed by atoms with Crippen LogP contribution in [0.25, 0.3) is 0 Å². The molecule has 1 aromatic rings. The monoisotopic (exact) mass is 192 g/mol. The largest absolute Gasteiger partial charge is 0.386 e. The van der Waals surface area contributed by atoms with E-state index in [1.165, 1.54) is 5.56 Å². The lowest BCUT2D eigenvalue weighted by molar-refractivity contribution is -0.00859. The number of hydrogen-bond donors (Lipinski definition) is 3. The second-order valence-electron chi connectivity index (χ2n) is 3.92. The van der Waals surface area contributed by atoms with Crippen LogP contribution in [0.15, 0.2) is 30.3 Å². The van der Waals surface area contributed by atoms with E-state index in [0.29, 0.717) is 19.6 Å². The lowest BCUT2D eigenvalue weighted by Crippen LogP contribution is -2.64. The van der Waals surface area contributed by atoms with Crippen molar-refractivity contribution >= 4 is 0 Å². The highest BCUT2D eigenvalue weighted by atomic mass is 16.3. The van der Waals surface area contributed by atoms with Crippen molar-refractivity contribution in [2.45, 2.75) is 12.1 Å². The first-order chi connectivity index (χ1) is 6.79. The van der Waals surface area contributed by atoms with Gasteiger partial charge in [-0.05, 0) is 5.56 Å². The van der Waals surface area contributed by atoms with Gasteiger partial charge >= 0.3 is 0 Å². The molecule has 3 heteroatoms. The van der Waals surface area contributed by atoms with Crippen molar-refractivity contribution in [3.8, 4) is 0 Å². The fraction of sp³-hybridized carbons (Fsp3) is 0.455. The third-order valence-corrected chi connectivity index (χ3v) is 2.53.